The molecule has 0 aliphatic rings. The number of methoxy groups -OCH3 is 1. The van der Waals surface area contributed by atoms with E-state index in [0.717, 1.165) is 29.7 Å². The molecule has 0 aliphatic heterocycles. The Morgan fingerprint density at radius 3 is 2.55 bits per heavy atom. The first kappa shape index (κ1) is 17.5. The maximum atomic E-state index is 5.26. The second kappa shape index (κ2) is 8.04. The molecule has 1 rings (SSSR count). The SMILES string of the molecule is COc1ccc(CCC(C)(C)CNCC(C)C)cc1Br. The molecule has 0 aromatic heterocycles. The van der Waals surface area contributed by atoms with Gasteiger partial charge in [-0.2, -0.15) is 0 Å². The van der Waals surface area contributed by atoms with Gasteiger partial charge < -0.3 is 10.1 Å². The van der Waals surface area contributed by atoms with Gasteiger partial charge in [-0.3, -0.25) is 0 Å². The molecule has 1 aromatic carbocycles. The predicted octanol–water partition coefficient (Wildman–Crippen LogP) is 4.66. The lowest BCUT2D eigenvalue weighted by molar-refractivity contribution is 0.308. The van der Waals surface area contributed by atoms with Crippen molar-refractivity contribution in [1.82, 2.24) is 5.32 Å². The van der Waals surface area contributed by atoms with Crippen molar-refractivity contribution in [3.05, 3.63) is 28.2 Å². The highest BCUT2D eigenvalue weighted by Crippen LogP contribution is 2.28. The number of rotatable bonds is 8. The van der Waals surface area contributed by atoms with E-state index in [1.807, 2.05) is 6.07 Å². The van der Waals surface area contributed by atoms with Crippen molar-refractivity contribution in [2.45, 2.75) is 40.5 Å². The summed E-state index contributed by atoms with van der Waals surface area (Å²) >= 11 is 3.55. The zero-order valence-corrected chi connectivity index (χ0v) is 15.0. The third-order valence-electron chi connectivity index (χ3n) is 3.46. The van der Waals surface area contributed by atoms with Crippen molar-refractivity contribution in [3.8, 4) is 5.75 Å². The molecule has 0 atom stereocenters. The molecule has 0 spiro atoms. The van der Waals surface area contributed by atoms with Gasteiger partial charge in [0.1, 0.15) is 5.75 Å². The first-order valence-corrected chi connectivity index (χ1v) is 8.16. The summed E-state index contributed by atoms with van der Waals surface area (Å²) in [6, 6.07) is 6.35. The molecule has 0 saturated heterocycles. The quantitative estimate of drug-likeness (QED) is 0.742. The van der Waals surface area contributed by atoms with Crippen LogP contribution in [-0.2, 0) is 6.42 Å². The van der Waals surface area contributed by atoms with Gasteiger partial charge in [0.15, 0.2) is 0 Å². The summed E-state index contributed by atoms with van der Waals surface area (Å²) < 4.78 is 6.30. The minimum absolute atomic E-state index is 0.321. The number of benzene rings is 1. The zero-order valence-electron chi connectivity index (χ0n) is 13.4. The van der Waals surface area contributed by atoms with Crippen LogP contribution in [0.5, 0.6) is 5.75 Å². The normalized spacial score (nSPS) is 11.9. The van der Waals surface area contributed by atoms with Gasteiger partial charge in [-0.15, -0.1) is 0 Å². The van der Waals surface area contributed by atoms with Crippen LogP contribution in [0.4, 0.5) is 0 Å². The summed E-state index contributed by atoms with van der Waals surface area (Å²) in [5.74, 6) is 1.61. The van der Waals surface area contributed by atoms with Crippen LogP contribution in [0.1, 0.15) is 39.7 Å². The van der Waals surface area contributed by atoms with Crippen molar-refractivity contribution in [2.24, 2.45) is 11.3 Å². The average molecular weight is 342 g/mol. The Morgan fingerprint density at radius 2 is 2.00 bits per heavy atom. The molecule has 0 fully saturated rings. The minimum Gasteiger partial charge on any atom is -0.496 e. The first-order chi connectivity index (χ1) is 9.34. The van der Waals surface area contributed by atoms with Crippen LogP contribution in [0.25, 0.3) is 0 Å². The second-order valence-corrected chi connectivity index (χ2v) is 7.51. The number of hydrogen-bond donors (Lipinski definition) is 1. The van der Waals surface area contributed by atoms with E-state index in [1.54, 1.807) is 7.11 Å². The molecule has 1 N–H and O–H groups in total. The lowest BCUT2D eigenvalue weighted by atomic mass is 9.86. The van der Waals surface area contributed by atoms with Crippen LogP contribution in [0, 0.1) is 11.3 Å². The van der Waals surface area contributed by atoms with Crippen LogP contribution < -0.4 is 10.1 Å². The van der Waals surface area contributed by atoms with Crippen LogP contribution in [0.15, 0.2) is 22.7 Å². The van der Waals surface area contributed by atoms with Gasteiger partial charge in [-0.25, -0.2) is 0 Å². The van der Waals surface area contributed by atoms with Crippen molar-refractivity contribution < 1.29 is 4.74 Å². The summed E-state index contributed by atoms with van der Waals surface area (Å²) in [5, 5.41) is 3.56. The summed E-state index contributed by atoms with van der Waals surface area (Å²) in [6.07, 6.45) is 2.27. The number of ether oxygens (including phenoxy) is 1. The van der Waals surface area contributed by atoms with E-state index >= 15 is 0 Å². The molecule has 0 amide bonds. The van der Waals surface area contributed by atoms with E-state index in [0.29, 0.717) is 11.3 Å². The number of halogens is 1. The van der Waals surface area contributed by atoms with Gasteiger partial charge in [0, 0.05) is 6.54 Å². The number of nitrogens with one attached hydrogen (secondary N) is 1. The highest BCUT2D eigenvalue weighted by atomic mass is 79.9. The van der Waals surface area contributed by atoms with Gasteiger partial charge in [0.05, 0.1) is 11.6 Å². The van der Waals surface area contributed by atoms with Crippen molar-refractivity contribution >= 4 is 15.9 Å². The Labute approximate surface area is 132 Å². The summed E-state index contributed by atoms with van der Waals surface area (Å²) in [7, 11) is 1.70. The molecular weight excluding hydrogens is 314 g/mol. The Kier molecular flexibility index (Phi) is 7.04. The average Bonchev–Trinajstić information content (AvgIpc) is 2.36. The van der Waals surface area contributed by atoms with Gasteiger partial charge in [0.2, 0.25) is 0 Å². The van der Waals surface area contributed by atoms with Gasteiger partial charge in [-0.1, -0.05) is 33.8 Å². The lowest BCUT2D eigenvalue weighted by Crippen LogP contribution is -2.32. The monoisotopic (exact) mass is 341 g/mol. The van der Waals surface area contributed by atoms with E-state index in [1.165, 1.54) is 12.0 Å². The second-order valence-electron chi connectivity index (χ2n) is 6.66. The largest absolute Gasteiger partial charge is 0.496 e. The molecule has 3 heteroatoms. The molecule has 0 aliphatic carbocycles. The fourth-order valence-electron chi connectivity index (χ4n) is 2.14. The molecule has 1 aromatic rings. The Hall–Kier alpha value is -0.540. The Morgan fingerprint density at radius 1 is 1.30 bits per heavy atom. The van der Waals surface area contributed by atoms with E-state index in [2.05, 4.69) is 61.1 Å². The lowest BCUT2D eigenvalue weighted by Gasteiger charge is -2.26. The molecule has 0 radical (unpaired) electrons. The van der Waals surface area contributed by atoms with Crippen molar-refractivity contribution in [3.63, 3.8) is 0 Å². The van der Waals surface area contributed by atoms with Gasteiger partial charge in [0.25, 0.3) is 0 Å². The highest BCUT2D eigenvalue weighted by Gasteiger charge is 2.17. The molecule has 2 nitrogen and oxygen atoms in total. The molecule has 20 heavy (non-hydrogen) atoms. The number of aryl methyl sites for hydroxylation is 1. The molecular formula is C17H28BrNO. The van der Waals surface area contributed by atoms with Gasteiger partial charge >= 0.3 is 0 Å². The van der Waals surface area contributed by atoms with E-state index in [-0.39, 0.29) is 0 Å². The van der Waals surface area contributed by atoms with Crippen LogP contribution in [0.3, 0.4) is 0 Å². The fourth-order valence-corrected chi connectivity index (χ4v) is 2.72. The van der Waals surface area contributed by atoms with E-state index in [4.69, 9.17) is 4.74 Å². The standard InChI is InChI=1S/C17H28BrNO/c1-13(2)11-19-12-17(3,4)9-8-14-6-7-16(20-5)15(18)10-14/h6-7,10,13,19H,8-9,11-12H2,1-5H3. The molecule has 114 valence electrons. The van der Waals surface area contributed by atoms with E-state index < -0.39 is 0 Å². The van der Waals surface area contributed by atoms with Crippen molar-refractivity contribution in [1.29, 1.82) is 0 Å². The molecule has 0 saturated carbocycles. The summed E-state index contributed by atoms with van der Waals surface area (Å²) in [6.45, 7) is 11.3. The fraction of sp³-hybridized carbons (Fsp3) is 0.647. The predicted molar refractivity (Wildman–Crippen MR) is 90.5 cm³/mol. The Bertz CT molecular complexity index is 415. The number of hydrogen-bond acceptors (Lipinski definition) is 2. The van der Waals surface area contributed by atoms with Crippen LogP contribution in [0.2, 0.25) is 0 Å². The zero-order chi connectivity index (χ0) is 15.2. The first-order valence-electron chi connectivity index (χ1n) is 7.37. The van der Waals surface area contributed by atoms with Crippen LogP contribution >= 0.6 is 15.9 Å². The smallest absolute Gasteiger partial charge is 0.133 e. The van der Waals surface area contributed by atoms with Crippen molar-refractivity contribution in [2.75, 3.05) is 20.2 Å². The highest BCUT2D eigenvalue weighted by molar-refractivity contribution is 9.10. The van der Waals surface area contributed by atoms with Crippen LogP contribution in [-0.4, -0.2) is 20.2 Å². The topological polar surface area (TPSA) is 21.3 Å². The summed E-state index contributed by atoms with van der Waals surface area (Å²) in [5.41, 5.74) is 1.68. The maximum Gasteiger partial charge on any atom is 0.133 e. The summed E-state index contributed by atoms with van der Waals surface area (Å²) in [4.78, 5) is 0. The molecule has 0 heterocycles. The third kappa shape index (κ3) is 6.27. The minimum atomic E-state index is 0.321. The molecule has 0 unspecified atom stereocenters. The van der Waals surface area contributed by atoms with E-state index in [9.17, 15) is 0 Å². The Balaban J connectivity index is 2.46. The van der Waals surface area contributed by atoms with Gasteiger partial charge in [-0.05, 0) is 64.3 Å². The maximum absolute atomic E-state index is 5.26. The molecule has 0 bridgehead atoms. The third-order valence-corrected chi connectivity index (χ3v) is 4.08.